The molecule has 6 heteroatoms. The zero-order chi connectivity index (χ0) is 17.8. The van der Waals surface area contributed by atoms with Gasteiger partial charge in [-0.3, -0.25) is 9.59 Å². The number of carbonyl (C=O) groups excluding carboxylic acids is 2. The van der Waals surface area contributed by atoms with Crippen molar-refractivity contribution in [3.63, 3.8) is 0 Å². The van der Waals surface area contributed by atoms with Crippen LogP contribution in [-0.4, -0.2) is 38.0 Å². The van der Waals surface area contributed by atoms with Crippen LogP contribution in [0.15, 0.2) is 24.3 Å². The van der Waals surface area contributed by atoms with Gasteiger partial charge in [-0.25, -0.2) is 0 Å². The third-order valence-corrected chi connectivity index (χ3v) is 5.42. The number of hydrogen-bond donors (Lipinski definition) is 2. The standard InChI is InChI=1S/C19H26ClN3O2/c1-13-10-17(13)19(25)21-8-6-18(24)22-11-14-7-9-23(12-14)16-4-2-15(20)3-5-16/h2-5,13-14,17H,6-12H2,1H3,(H,21,25)(H,22,24)/t13-,14-,17-/m1/s1. The Kier molecular flexibility index (Phi) is 5.84. The molecule has 5 nitrogen and oxygen atoms in total. The molecule has 0 unspecified atom stereocenters. The monoisotopic (exact) mass is 363 g/mol. The molecule has 0 bridgehead atoms. The van der Waals surface area contributed by atoms with E-state index in [9.17, 15) is 9.59 Å². The van der Waals surface area contributed by atoms with Crippen molar-refractivity contribution in [2.75, 3.05) is 31.1 Å². The average molecular weight is 364 g/mol. The van der Waals surface area contributed by atoms with E-state index in [0.29, 0.717) is 31.3 Å². The highest BCUT2D eigenvalue weighted by Crippen LogP contribution is 2.37. The van der Waals surface area contributed by atoms with Gasteiger partial charge in [-0.2, -0.15) is 0 Å². The molecule has 2 fully saturated rings. The van der Waals surface area contributed by atoms with Crippen LogP contribution in [0.5, 0.6) is 0 Å². The highest BCUT2D eigenvalue weighted by Gasteiger charge is 2.38. The van der Waals surface area contributed by atoms with Gasteiger partial charge in [0.2, 0.25) is 11.8 Å². The van der Waals surface area contributed by atoms with Crippen molar-refractivity contribution in [1.29, 1.82) is 0 Å². The van der Waals surface area contributed by atoms with E-state index < -0.39 is 0 Å². The summed E-state index contributed by atoms with van der Waals surface area (Å²) in [5.74, 6) is 1.23. The van der Waals surface area contributed by atoms with Gasteiger partial charge in [-0.05, 0) is 48.9 Å². The fraction of sp³-hybridized carbons (Fsp3) is 0.579. The number of amides is 2. The summed E-state index contributed by atoms with van der Waals surface area (Å²) in [6.07, 6.45) is 2.39. The minimum atomic E-state index is 0.00842. The predicted molar refractivity (Wildman–Crippen MR) is 99.7 cm³/mol. The van der Waals surface area contributed by atoms with Gasteiger partial charge in [-0.1, -0.05) is 18.5 Å². The van der Waals surface area contributed by atoms with Crippen LogP contribution in [0.25, 0.3) is 0 Å². The van der Waals surface area contributed by atoms with Crippen LogP contribution in [-0.2, 0) is 9.59 Å². The molecule has 0 aromatic heterocycles. The maximum atomic E-state index is 11.9. The summed E-state index contributed by atoms with van der Waals surface area (Å²) in [6, 6.07) is 7.88. The van der Waals surface area contributed by atoms with E-state index in [1.807, 2.05) is 24.3 Å². The summed E-state index contributed by atoms with van der Waals surface area (Å²) >= 11 is 5.93. The van der Waals surface area contributed by atoms with E-state index in [1.54, 1.807) is 0 Å². The van der Waals surface area contributed by atoms with Crippen molar-refractivity contribution >= 4 is 29.1 Å². The summed E-state index contributed by atoms with van der Waals surface area (Å²) in [7, 11) is 0. The van der Waals surface area contributed by atoms with E-state index in [0.717, 1.165) is 31.0 Å². The highest BCUT2D eigenvalue weighted by molar-refractivity contribution is 6.30. The van der Waals surface area contributed by atoms with E-state index in [1.165, 1.54) is 5.69 Å². The van der Waals surface area contributed by atoms with E-state index in [-0.39, 0.29) is 17.7 Å². The smallest absolute Gasteiger partial charge is 0.223 e. The van der Waals surface area contributed by atoms with E-state index in [2.05, 4.69) is 22.5 Å². The lowest BCUT2D eigenvalue weighted by atomic mass is 10.1. The van der Waals surface area contributed by atoms with Crippen molar-refractivity contribution in [3.05, 3.63) is 29.3 Å². The maximum Gasteiger partial charge on any atom is 0.223 e. The Morgan fingerprint density at radius 3 is 2.64 bits per heavy atom. The normalized spacial score (nSPS) is 24.9. The van der Waals surface area contributed by atoms with Crippen molar-refractivity contribution in [2.45, 2.75) is 26.2 Å². The first-order chi connectivity index (χ1) is 12.0. The number of anilines is 1. The number of nitrogens with zero attached hydrogens (tertiary/aromatic N) is 1. The number of rotatable bonds is 7. The largest absolute Gasteiger partial charge is 0.371 e. The molecule has 2 N–H and O–H groups in total. The molecule has 3 rings (SSSR count). The molecule has 1 aromatic carbocycles. The highest BCUT2D eigenvalue weighted by atomic mass is 35.5. The van der Waals surface area contributed by atoms with Crippen LogP contribution < -0.4 is 15.5 Å². The molecule has 2 amide bonds. The van der Waals surface area contributed by atoms with Crippen LogP contribution in [0, 0.1) is 17.8 Å². The Bertz CT molecular complexity index is 620. The number of halogens is 1. The first-order valence-electron chi connectivity index (χ1n) is 9.08. The first-order valence-corrected chi connectivity index (χ1v) is 9.45. The summed E-state index contributed by atoms with van der Waals surface area (Å²) in [6.45, 7) is 5.13. The van der Waals surface area contributed by atoms with Gasteiger partial charge in [0, 0.05) is 49.2 Å². The molecule has 1 heterocycles. The molecule has 0 spiro atoms. The van der Waals surface area contributed by atoms with Crippen molar-refractivity contribution in [3.8, 4) is 0 Å². The predicted octanol–water partition coefficient (Wildman–Crippen LogP) is 2.44. The number of hydrogen-bond acceptors (Lipinski definition) is 3. The molecule has 1 aliphatic heterocycles. The SMILES string of the molecule is C[C@@H]1C[C@H]1C(=O)NCCC(=O)NC[C@H]1CCN(c2ccc(Cl)cc2)C1. The maximum absolute atomic E-state index is 11.9. The molecular formula is C19H26ClN3O2. The number of carbonyl (C=O) groups is 2. The fourth-order valence-corrected chi connectivity index (χ4v) is 3.48. The molecular weight excluding hydrogens is 338 g/mol. The third-order valence-electron chi connectivity index (χ3n) is 5.16. The van der Waals surface area contributed by atoms with Crippen molar-refractivity contribution in [1.82, 2.24) is 10.6 Å². The minimum absolute atomic E-state index is 0.00842. The van der Waals surface area contributed by atoms with Crippen molar-refractivity contribution < 1.29 is 9.59 Å². The second-order valence-electron chi connectivity index (χ2n) is 7.24. The quantitative estimate of drug-likeness (QED) is 0.782. The number of nitrogens with one attached hydrogen (secondary N) is 2. The van der Waals surface area contributed by atoms with Crippen molar-refractivity contribution in [2.24, 2.45) is 17.8 Å². The minimum Gasteiger partial charge on any atom is -0.371 e. The van der Waals surface area contributed by atoms with Gasteiger partial charge in [0.25, 0.3) is 0 Å². The topological polar surface area (TPSA) is 61.4 Å². The van der Waals surface area contributed by atoms with E-state index in [4.69, 9.17) is 11.6 Å². The van der Waals surface area contributed by atoms with Crippen LogP contribution in [0.3, 0.4) is 0 Å². The molecule has 1 saturated heterocycles. The summed E-state index contributed by atoms with van der Waals surface area (Å²) in [4.78, 5) is 26.0. The third kappa shape index (κ3) is 5.11. The molecule has 1 aliphatic carbocycles. The van der Waals surface area contributed by atoms with Crippen LogP contribution in [0.1, 0.15) is 26.2 Å². The zero-order valence-electron chi connectivity index (χ0n) is 14.6. The molecule has 25 heavy (non-hydrogen) atoms. The molecule has 2 aliphatic rings. The Labute approximate surface area is 154 Å². The average Bonchev–Trinajstić information content (AvgIpc) is 3.15. The fourth-order valence-electron chi connectivity index (χ4n) is 3.35. The van der Waals surface area contributed by atoms with Gasteiger partial charge in [0.1, 0.15) is 0 Å². The van der Waals surface area contributed by atoms with Crippen LogP contribution >= 0.6 is 11.6 Å². The van der Waals surface area contributed by atoms with Gasteiger partial charge in [0.15, 0.2) is 0 Å². The molecule has 0 radical (unpaired) electrons. The summed E-state index contributed by atoms with van der Waals surface area (Å²) < 4.78 is 0. The zero-order valence-corrected chi connectivity index (χ0v) is 15.4. The lowest BCUT2D eigenvalue weighted by molar-refractivity contribution is -0.123. The van der Waals surface area contributed by atoms with Gasteiger partial charge >= 0.3 is 0 Å². The molecule has 3 atom stereocenters. The Hall–Kier alpha value is -1.75. The van der Waals surface area contributed by atoms with Gasteiger partial charge in [-0.15, -0.1) is 0 Å². The lowest BCUT2D eigenvalue weighted by Gasteiger charge is -2.19. The van der Waals surface area contributed by atoms with Crippen LogP contribution in [0.2, 0.25) is 5.02 Å². The number of benzene rings is 1. The Morgan fingerprint density at radius 1 is 1.24 bits per heavy atom. The van der Waals surface area contributed by atoms with Gasteiger partial charge in [0.05, 0.1) is 0 Å². The molecule has 136 valence electrons. The van der Waals surface area contributed by atoms with Crippen LogP contribution in [0.4, 0.5) is 5.69 Å². The van der Waals surface area contributed by atoms with E-state index >= 15 is 0 Å². The Balaban J connectivity index is 1.31. The second kappa shape index (κ2) is 8.09. The lowest BCUT2D eigenvalue weighted by Crippen LogP contribution is -2.34. The summed E-state index contributed by atoms with van der Waals surface area (Å²) in [5, 5.41) is 6.59. The Morgan fingerprint density at radius 2 is 1.96 bits per heavy atom. The first kappa shape index (κ1) is 18.1. The second-order valence-corrected chi connectivity index (χ2v) is 7.68. The molecule has 1 aromatic rings. The molecule has 1 saturated carbocycles. The summed E-state index contributed by atoms with van der Waals surface area (Å²) in [5.41, 5.74) is 1.18. The van der Waals surface area contributed by atoms with Gasteiger partial charge < -0.3 is 15.5 Å².